The van der Waals surface area contributed by atoms with Crippen LogP contribution in [0, 0.1) is 11.3 Å². The number of piperidine rings is 1. The van der Waals surface area contributed by atoms with E-state index in [1.165, 1.54) is 5.56 Å². The third-order valence-electron chi connectivity index (χ3n) is 4.08. The Bertz CT molecular complexity index is 654. The third kappa shape index (κ3) is 4.56. The number of ether oxygens (including phenoxy) is 1. The molecule has 1 saturated heterocycles. The van der Waals surface area contributed by atoms with Gasteiger partial charge in [-0.2, -0.15) is 5.26 Å². The highest BCUT2D eigenvalue weighted by Crippen LogP contribution is 2.26. The highest BCUT2D eigenvalue weighted by molar-refractivity contribution is 5.85. The van der Waals surface area contributed by atoms with Gasteiger partial charge in [0.05, 0.1) is 30.4 Å². The molecule has 2 aromatic carbocycles. The van der Waals surface area contributed by atoms with Crippen LogP contribution in [0.25, 0.3) is 0 Å². The van der Waals surface area contributed by atoms with E-state index in [0.717, 1.165) is 24.9 Å². The van der Waals surface area contributed by atoms with E-state index in [0.29, 0.717) is 12.2 Å². The number of nitrogens with zero attached hydrogens (tertiary/aromatic N) is 1. The molecule has 0 aromatic heterocycles. The molecular formula is C19H21ClN2O. The van der Waals surface area contributed by atoms with E-state index >= 15 is 0 Å². The number of hydrogen-bond donors (Lipinski definition) is 1. The van der Waals surface area contributed by atoms with Gasteiger partial charge in [0.25, 0.3) is 0 Å². The van der Waals surface area contributed by atoms with Crippen molar-refractivity contribution in [3.8, 4) is 6.07 Å². The quantitative estimate of drug-likeness (QED) is 0.923. The minimum absolute atomic E-state index is 0. The van der Waals surface area contributed by atoms with Gasteiger partial charge in [-0.3, -0.25) is 0 Å². The number of halogens is 1. The number of hydrogen-bond acceptors (Lipinski definition) is 3. The summed E-state index contributed by atoms with van der Waals surface area (Å²) >= 11 is 0. The highest BCUT2D eigenvalue weighted by atomic mass is 35.5. The van der Waals surface area contributed by atoms with Crippen molar-refractivity contribution in [2.45, 2.75) is 31.6 Å². The molecular weight excluding hydrogens is 308 g/mol. The Balaban J connectivity index is 0.00000192. The SMILES string of the molecule is Cl.N#Cc1cccc(CO[C@H]2CCCN[C@H]2c2ccccc2)c1. The molecule has 0 spiro atoms. The van der Waals surface area contributed by atoms with Crippen molar-refractivity contribution < 1.29 is 4.74 Å². The average molecular weight is 329 g/mol. The molecule has 3 nitrogen and oxygen atoms in total. The summed E-state index contributed by atoms with van der Waals surface area (Å²) in [5.41, 5.74) is 3.01. The summed E-state index contributed by atoms with van der Waals surface area (Å²) in [6.45, 7) is 1.58. The summed E-state index contributed by atoms with van der Waals surface area (Å²) in [5, 5.41) is 12.5. The Morgan fingerprint density at radius 3 is 2.74 bits per heavy atom. The summed E-state index contributed by atoms with van der Waals surface area (Å²) in [7, 11) is 0. The maximum absolute atomic E-state index is 8.97. The standard InChI is InChI=1S/C19H20N2O.ClH/c20-13-15-6-4-7-16(12-15)14-22-18-10-5-11-21-19(18)17-8-2-1-3-9-17;/h1-4,6-9,12,18-19,21H,5,10-11,14H2;1H/t18-,19-;/m0./s1. The molecule has 1 aliphatic rings. The van der Waals surface area contributed by atoms with Crippen LogP contribution in [-0.4, -0.2) is 12.6 Å². The van der Waals surface area contributed by atoms with E-state index in [9.17, 15) is 0 Å². The first-order chi connectivity index (χ1) is 10.9. The molecule has 1 fully saturated rings. The molecule has 1 aliphatic heterocycles. The number of nitrogens with one attached hydrogen (secondary N) is 1. The van der Waals surface area contributed by atoms with Gasteiger partial charge in [-0.05, 0) is 42.6 Å². The van der Waals surface area contributed by atoms with E-state index in [2.05, 4.69) is 35.7 Å². The van der Waals surface area contributed by atoms with E-state index in [4.69, 9.17) is 10.00 Å². The van der Waals surface area contributed by atoms with Gasteiger partial charge in [-0.25, -0.2) is 0 Å². The number of nitriles is 1. The number of rotatable bonds is 4. The summed E-state index contributed by atoms with van der Waals surface area (Å²) in [5.74, 6) is 0. The van der Waals surface area contributed by atoms with Gasteiger partial charge in [-0.1, -0.05) is 42.5 Å². The maximum Gasteiger partial charge on any atom is 0.0991 e. The molecule has 3 rings (SSSR count). The summed E-state index contributed by atoms with van der Waals surface area (Å²) in [6.07, 6.45) is 2.36. The molecule has 1 heterocycles. The first kappa shape index (κ1) is 17.5. The van der Waals surface area contributed by atoms with Crippen LogP contribution in [-0.2, 0) is 11.3 Å². The highest BCUT2D eigenvalue weighted by Gasteiger charge is 2.26. The van der Waals surface area contributed by atoms with E-state index in [1.54, 1.807) is 0 Å². The molecule has 0 aliphatic carbocycles. The lowest BCUT2D eigenvalue weighted by molar-refractivity contribution is -0.00357. The molecule has 2 aromatic rings. The zero-order chi connectivity index (χ0) is 15.2. The van der Waals surface area contributed by atoms with Gasteiger partial charge in [0.2, 0.25) is 0 Å². The van der Waals surface area contributed by atoms with Crippen molar-refractivity contribution >= 4 is 12.4 Å². The Kier molecular flexibility index (Phi) is 6.61. The molecule has 0 unspecified atom stereocenters. The molecule has 0 saturated carbocycles. The van der Waals surface area contributed by atoms with Gasteiger partial charge < -0.3 is 10.1 Å². The van der Waals surface area contributed by atoms with Crippen LogP contribution < -0.4 is 5.32 Å². The topological polar surface area (TPSA) is 45.0 Å². The minimum Gasteiger partial charge on any atom is -0.372 e. The van der Waals surface area contributed by atoms with Crippen LogP contribution in [0.4, 0.5) is 0 Å². The Morgan fingerprint density at radius 2 is 1.96 bits per heavy atom. The fourth-order valence-corrected chi connectivity index (χ4v) is 2.97. The molecule has 120 valence electrons. The second-order valence-electron chi connectivity index (χ2n) is 5.65. The van der Waals surface area contributed by atoms with Crippen LogP contribution in [0.5, 0.6) is 0 Å². The lowest BCUT2D eigenvalue weighted by atomic mass is 9.94. The van der Waals surface area contributed by atoms with Gasteiger partial charge in [0.1, 0.15) is 0 Å². The molecule has 0 amide bonds. The van der Waals surface area contributed by atoms with Crippen LogP contribution >= 0.6 is 12.4 Å². The largest absolute Gasteiger partial charge is 0.372 e. The molecule has 23 heavy (non-hydrogen) atoms. The molecule has 0 bridgehead atoms. The lowest BCUT2D eigenvalue weighted by Crippen LogP contribution is -2.39. The van der Waals surface area contributed by atoms with Crippen LogP contribution in [0.2, 0.25) is 0 Å². The van der Waals surface area contributed by atoms with Crippen molar-refractivity contribution in [3.05, 3.63) is 71.3 Å². The van der Waals surface area contributed by atoms with Crippen molar-refractivity contribution in [1.82, 2.24) is 5.32 Å². The second kappa shape index (κ2) is 8.69. The van der Waals surface area contributed by atoms with Gasteiger partial charge >= 0.3 is 0 Å². The van der Waals surface area contributed by atoms with Crippen LogP contribution in [0.1, 0.15) is 35.6 Å². The monoisotopic (exact) mass is 328 g/mol. The zero-order valence-electron chi connectivity index (χ0n) is 12.9. The zero-order valence-corrected chi connectivity index (χ0v) is 13.8. The van der Waals surface area contributed by atoms with Gasteiger partial charge in [0, 0.05) is 0 Å². The maximum atomic E-state index is 8.97. The minimum atomic E-state index is 0. The first-order valence-electron chi connectivity index (χ1n) is 7.76. The normalized spacial score (nSPS) is 20.3. The summed E-state index contributed by atoms with van der Waals surface area (Å²) in [4.78, 5) is 0. The predicted molar refractivity (Wildman–Crippen MR) is 93.4 cm³/mol. The molecule has 4 heteroatoms. The smallest absolute Gasteiger partial charge is 0.0991 e. The molecule has 1 N–H and O–H groups in total. The van der Waals surface area contributed by atoms with Crippen LogP contribution in [0.15, 0.2) is 54.6 Å². The molecule has 2 atom stereocenters. The fourth-order valence-electron chi connectivity index (χ4n) is 2.97. The predicted octanol–water partition coefficient (Wildman–Crippen LogP) is 3.99. The Morgan fingerprint density at radius 1 is 1.13 bits per heavy atom. The van der Waals surface area contributed by atoms with Crippen molar-refractivity contribution in [2.24, 2.45) is 0 Å². The molecule has 0 radical (unpaired) electrons. The summed E-state index contributed by atoms with van der Waals surface area (Å²) < 4.78 is 6.16. The summed E-state index contributed by atoms with van der Waals surface area (Å²) in [6, 6.07) is 20.5. The average Bonchev–Trinajstić information content (AvgIpc) is 2.61. The fraction of sp³-hybridized carbons (Fsp3) is 0.316. The second-order valence-corrected chi connectivity index (χ2v) is 5.65. The van der Waals surface area contributed by atoms with Crippen LogP contribution in [0.3, 0.4) is 0 Å². The van der Waals surface area contributed by atoms with Crippen molar-refractivity contribution in [3.63, 3.8) is 0 Å². The van der Waals surface area contributed by atoms with E-state index in [1.807, 2.05) is 30.3 Å². The lowest BCUT2D eigenvalue weighted by Gasteiger charge is -2.33. The van der Waals surface area contributed by atoms with Crippen molar-refractivity contribution in [2.75, 3.05) is 6.54 Å². The van der Waals surface area contributed by atoms with E-state index < -0.39 is 0 Å². The number of benzene rings is 2. The van der Waals surface area contributed by atoms with Gasteiger partial charge in [-0.15, -0.1) is 12.4 Å². The van der Waals surface area contributed by atoms with Gasteiger partial charge in [0.15, 0.2) is 0 Å². The van der Waals surface area contributed by atoms with E-state index in [-0.39, 0.29) is 24.6 Å². The third-order valence-corrected chi connectivity index (χ3v) is 4.08. The first-order valence-corrected chi connectivity index (χ1v) is 7.76. The Labute approximate surface area is 143 Å². The van der Waals surface area contributed by atoms with Crippen molar-refractivity contribution in [1.29, 1.82) is 5.26 Å². The Hall–Kier alpha value is -1.86.